The summed E-state index contributed by atoms with van der Waals surface area (Å²) < 4.78 is 5.29. The number of aryl methyl sites for hydroxylation is 1. The highest BCUT2D eigenvalue weighted by Crippen LogP contribution is 2.10. The first kappa shape index (κ1) is 9.29. The Morgan fingerprint density at radius 3 is 2.58 bits per heavy atom. The number of furan rings is 1. The van der Waals surface area contributed by atoms with E-state index in [9.17, 15) is 0 Å². The fourth-order valence-electron chi connectivity index (χ4n) is 1.09. The summed E-state index contributed by atoms with van der Waals surface area (Å²) in [7, 11) is 0. The standard InChI is InChI=1S/C9H15NO2/c10-6-2-1-3-8-4-5-9(7-11)12-8/h4-5,11H,1-3,6-7,10H2. The molecule has 1 rings (SSSR count). The molecule has 12 heavy (non-hydrogen) atoms. The maximum Gasteiger partial charge on any atom is 0.129 e. The summed E-state index contributed by atoms with van der Waals surface area (Å²) in [5, 5.41) is 8.71. The average Bonchev–Trinajstić information content (AvgIpc) is 2.53. The van der Waals surface area contributed by atoms with Crippen molar-refractivity contribution >= 4 is 0 Å². The normalized spacial score (nSPS) is 10.5. The second-order valence-corrected chi connectivity index (χ2v) is 2.77. The predicted molar refractivity (Wildman–Crippen MR) is 46.6 cm³/mol. The van der Waals surface area contributed by atoms with Gasteiger partial charge in [-0.15, -0.1) is 0 Å². The van der Waals surface area contributed by atoms with Crippen LogP contribution in [0, 0.1) is 0 Å². The van der Waals surface area contributed by atoms with Gasteiger partial charge in [-0.3, -0.25) is 0 Å². The van der Waals surface area contributed by atoms with Gasteiger partial charge in [-0.2, -0.15) is 0 Å². The number of aliphatic hydroxyl groups is 1. The highest BCUT2D eigenvalue weighted by atomic mass is 16.4. The lowest BCUT2D eigenvalue weighted by atomic mass is 10.2. The average molecular weight is 169 g/mol. The van der Waals surface area contributed by atoms with E-state index in [1.165, 1.54) is 0 Å². The van der Waals surface area contributed by atoms with Gasteiger partial charge in [0.2, 0.25) is 0 Å². The number of unbranched alkanes of at least 4 members (excludes halogenated alkanes) is 1. The highest BCUT2D eigenvalue weighted by Gasteiger charge is 1.99. The van der Waals surface area contributed by atoms with Crippen LogP contribution in [0.4, 0.5) is 0 Å². The molecule has 0 amide bonds. The molecule has 3 N–H and O–H groups in total. The van der Waals surface area contributed by atoms with Gasteiger partial charge in [-0.05, 0) is 31.5 Å². The summed E-state index contributed by atoms with van der Waals surface area (Å²) in [6.45, 7) is 0.713. The zero-order valence-corrected chi connectivity index (χ0v) is 7.12. The molecule has 68 valence electrons. The van der Waals surface area contributed by atoms with Crippen LogP contribution < -0.4 is 5.73 Å². The fraction of sp³-hybridized carbons (Fsp3) is 0.556. The van der Waals surface area contributed by atoms with Crippen molar-refractivity contribution in [3.8, 4) is 0 Å². The van der Waals surface area contributed by atoms with Gasteiger partial charge >= 0.3 is 0 Å². The van der Waals surface area contributed by atoms with Crippen LogP contribution in [0.1, 0.15) is 24.4 Å². The molecule has 0 fully saturated rings. The summed E-state index contributed by atoms with van der Waals surface area (Å²) in [6.07, 6.45) is 2.99. The van der Waals surface area contributed by atoms with Gasteiger partial charge in [0.1, 0.15) is 18.1 Å². The number of hydrogen-bond donors (Lipinski definition) is 2. The summed E-state index contributed by atoms with van der Waals surface area (Å²) in [5.41, 5.74) is 5.35. The van der Waals surface area contributed by atoms with E-state index >= 15 is 0 Å². The number of aliphatic hydroxyl groups excluding tert-OH is 1. The van der Waals surface area contributed by atoms with Crippen molar-refractivity contribution in [2.45, 2.75) is 25.9 Å². The molecule has 0 atom stereocenters. The van der Waals surface area contributed by atoms with Gasteiger partial charge < -0.3 is 15.3 Å². The van der Waals surface area contributed by atoms with Crippen molar-refractivity contribution in [3.05, 3.63) is 23.7 Å². The third-order valence-corrected chi connectivity index (χ3v) is 1.75. The maximum absolute atomic E-state index is 8.71. The zero-order valence-electron chi connectivity index (χ0n) is 7.12. The predicted octanol–water partition coefficient (Wildman–Crippen LogP) is 1.05. The summed E-state index contributed by atoms with van der Waals surface area (Å²) in [4.78, 5) is 0. The molecule has 0 saturated carbocycles. The molecule has 0 aliphatic heterocycles. The van der Waals surface area contributed by atoms with Gasteiger partial charge in [-0.1, -0.05) is 0 Å². The lowest BCUT2D eigenvalue weighted by Gasteiger charge is -1.94. The molecule has 0 bridgehead atoms. The molecule has 1 aromatic rings. The molecule has 0 radical (unpaired) electrons. The van der Waals surface area contributed by atoms with Crippen LogP contribution in [0.15, 0.2) is 16.5 Å². The largest absolute Gasteiger partial charge is 0.464 e. The Bertz CT molecular complexity index is 220. The smallest absolute Gasteiger partial charge is 0.129 e. The first-order valence-corrected chi connectivity index (χ1v) is 4.25. The van der Waals surface area contributed by atoms with Crippen LogP contribution in [0.25, 0.3) is 0 Å². The summed E-state index contributed by atoms with van der Waals surface area (Å²) in [5.74, 6) is 1.57. The molecule has 0 aliphatic carbocycles. The second-order valence-electron chi connectivity index (χ2n) is 2.77. The minimum atomic E-state index is -0.0170. The van der Waals surface area contributed by atoms with Crippen LogP contribution >= 0.6 is 0 Å². The first-order chi connectivity index (χ1) is 5.86. The Kier molecular flexibility index (Phi) is 3.84. The minimum Gasteiger partial charge on any atom is -0.464 e. The number of rotatable bonds is 5. The van der Waals surface area contributed by atoms with Gasteiger partial charge in [0.15, 0.2) is 0 Å². The Morgan fingerprint density at radius 2 is 2.00 bits per heavy atom. The maximum atomic E-state index is 8.71. The van der Waals surface area contributed by atoms with Crippen LogP contribution in [0.2, 0.25) is 0 Å². The Balaban J connectivity index is 2.31. The van der Waals surface area contributed by atoms with E-state index in [4.69, 9.17) is 15.3 Å². The summed E-state index contributed by atoms with van der Waals surface area (Å²) in [6, 6.07) is 3.71. The number of nitrogens with two attached hydrogens (primary N) is 1. The monoisotopic (exact) mass is 169 g/mol. The Labute approximate surface area is 72.2 Å². The Morgan fingerprint density at radius 1 is 1.25 bits per heavy atom. The second kappa shape index (κ2) is 4.95. The molecule has 0 saturated heterocycles. The van der Waals surface area contributed by atoms with Crippen LogP contribution in [-0.4, -0.2) is 11.7 Å². The first-order valence-electron chi connectivity index (χ1n) is 4.25. The highest BCUT2D eigenvalue weighted by molar-refractivity contribution is 5.06. The molecule has 3 heteroatoms. The third-order valence-electron chi connectivity index (χ3n) is 1.75. The zero-order chi connectivity index (χ0) is 8.81. The van der Waals surface area contributed by atoms with Crippen molar-refractivity contribution < 1.29 is 9.52 Å². The fourth-order valence-corrected chi connectivity index (χ4v) is 1.09. The lowest BCUT2D eigenvalue weighted by molar-refractivity contribution is 0.243. The summed E-state index contributed by atoms with van der Waals surface area (Å²) >= 11 is 0. The molecule has 3 nitrogen and oxygen atoms in total. The van der Waals surface area contributed by atoms with Crippen molar-refractivity contribution in [2.75, 3.05) is 6.54 Å². The Hall–Kier alpha value is -0.800. The van der Waals surface area contributed by atoms with Crippen LogP contribution in [0.5, 0.6) is 0 Å². The van der Waals surface area contributed by atoms with Crippen molar-refractivity contribution in [1.29, 1.82) is 0 Å². The lowest BCUT2D eigenvalue weighted by Crippen LogP contribution is -1.98. The minimum absolute atomic E-state index is 0.0170. The van der Waals surface area contributed by atoms with Crippen LogP contribution in [0.3, 0.4) is 0 Å². The van der Waals surface area contributed by atoms with Gasteiger partial charge in [0, 0.05) is 6.42 Å². The third kappa shape index (κ3) is 2.68. The van der Waals surface area contributed by atoms with Crippen molar-refractivity contribution in [3.63, 3.8) is 0 Å². The van der Waals surface area contributed by atoms with Crippen molar-refractivity contribution in [1.82, 2.24) is 0 Å². The molecule has 0 aliphatic rings. The van der Waals surface area contributed by atoms with Gasteiger partial charge in [-0.25, -0.2) is 0 Å². The van der Waals surface area contributed by atoms with E-state index in [1.54, 1.807) is 6.07 Å². The van der Waals surface area contributed by atoms with E-state index < -0.39 is 0 Å². The van der Waals surface area contributed by atoms with E-state index in [0.717, 1.165) is 31.6 Å². The van der Waals surface area contributed by atoms with Crippen LogP contribution in [-0.2, 0) is 13.0 Å². The number of hydrogen-bond acceptors (Lipinski definition) is 3. The van der Waals surface area contributed by atoms with E-state index in [-0.39, 0.29) is 6.61 Å². The topological polar surface area (TPSA) is 59.4 Å². The van der Waals surface area contributed by atoms with Gasteiger partial charge in [0.05, 0.1) is 0 Å². The van der Waals surface area contributed by atoms with E-state index in [0.29, 0.717) is 5.76 Å². The molecule has 1 heterocycles. The molecule has 1 aromatic heterocycles. The molecule has 0 spiro atoms. The quantitative estimate of drug-likeness (QED) is 0.648. The van der Waals surface area contributed by atoms with Gasteiger partial charge in [0.25, 0.3) is 0 Å². The van der Waals surface area contributed by atoms with E-state index in [2.05, 4.69) is 0 Å². The van der Waals surface area contributed by atoms with E-state index in [1.807, 2.05) is 6.07 Å². The van der Waals surface area contributed by atoms with Crippen molar-refractivity contribution in [2.24, 2.45) is 5.73 Å². The SMILES string of the molecule is NCCCCc1ccc(CO)o1. The molecule has 0 unspecified atom stereocenters. The molecular formula is C9H15NO2. The molecule has 0 aromatic carbocycles. The molecular weight excluding hydrogens is 154 g/mol.